The summed E-state index contributed by atoms with van der Waals surface area (Å²) in [5.74, 6) is -4.65. The molecule has 2 saturated heterocycles. The fourth-order valence-electron chi connectivity index (χ4n) is 11.4. The molecule has 2 fully saturated rings. The number of aromatic nitrogens is 2. The highest BCUT2D eigenvalue weighted by atomic mass is 35.5. The van der Waals surface area contributed by atoms with Crippen LogP contribution in [0.4, 0.5) is 30.6 Å². The zero-order valence-electron chi connectivity index (χ0n) is 48.1. The van der Waals surface area contributed by atoms with Gasteiger partial charge in [0.25, 0.3) is 5.91 Å². The van der Waals surface area contributed by atoms with E-state index in [-0.39, 0.29) is 123 Å². The molecule has 6 aromatic carbocycles. The molecule has 86 heavy (non-hydrogen) atoms. The molecule has 1 aromatic heterocycles. The molecule has 2 aliphatic rings. The summed E-state index contributed by atoms with van der Waals surface area (Å²) in [6.07, 6.45) is 0.284. The molecule has 0 aliphatic carbocycles. The van der Waals surface area contributed by atoms with Crippen LogP contribution >= 0.6 is 34.8 Å². The second kappa shape index (κ2) is 26.4. The molecule has 0 spiro atoms. The molecule has 17 nitrogen and oxygen atoms in total. The number of carbonyl (C=O) groups is 4. The molecule has 9 rings (SSSR count). The summed E-state index contributed by atoms with van der Waals surface area (Å²) < 4.78 is 60.8. The summed E-state index contributed by atoms with van der Waals surface area (Å²) in [5.41, 5.74) is -1.70. The Bertz CT molecular complexity index is 3800. The number of benzene rings is 6. The monoisotopic (exact) mass is 1230 g/mol. The number of hydrogen-bond donors (Lipinski definition) is 5. The number of phenols is 1. The predicted molar refractivity (Wildman–Crippen MR) is 327 cm³/mol. The van der Waals surface area contributed by atoms with E-state index in [1.165, 1.54) is 73.5 Å². The third-order valence-corrected chi connectivity index (χ3v) is 16.4. The Balaban J connectivity index is 0.806. The Hall–Kier alpha value is -7.93. The van der Waals surface area contributed by atoms with Crippen molar-refractivity contribution in [3.63, 3.8) is 0 Å². The summed E-state index contributed by atoms with van der Waals surface area (Å²) in [5, 5.41) is 35.5. The quantitative estimate of drug-likeness (QED) is 0.0477. The molecular weight excluding hydrogens is 1170 g/mol. The average molecular weight is 1240 g/mol. The van der Waals surface area contributed by atoms with Crippen molar-refractivity contribution in [3.05, 3.63) is 146 Å². The maximum atomic E-state index is 17.0. The maximum absolute atomic E-state index is 17.0. The molecule has 4 amide bonds. The van der Waals surface area contributed by atoms with Crippen LogP contribution in [-0.4, -0.2) is 134 Å². The lowest BCUT2D eigenvalue weighted by molar-refractivity contribution is -0.130. The number of fused-ring (bicyclic) bond motifs is 2. The number of nitriles is 1. The highest BCUT2D eigenvalue weighted by molar-refractivity contribution is 6.35. The number of carbonyl (C=O) groups excluding carboxylic acids is 4. The fraction of sp³-hybridized carbons (Fsp3) is 0.349. The van der Waals surface area contributed by atoms with Gasteiger partial charge >= 0.3 is 0 Å². The minimum atomic E-state index is -1.85. The van der Waals surface area contributed by atoms with Gasteiger partial charge in [-0.3, -0.25) is 19.2 Å². The maximum Gasteiger partial charge on any atom is 0.251 e. The van der Waals surface area contributed by atoms with Gasteiger partial charge in [-0.05, 0) is 88.3 Å². The Kier molecular flexibility index (Phi) is 19.2. The highest BCUT2D eigenvalue weighted by Gasteiger charge is 2.61. The van der Waals surface area contributed by atoms with Crippen LogP contribution in [0.3, 0.4) is 0 Å². The molecule has 2 aliphatic heterocycles. The number of piperazine rings is 1. The van der Waals surface area contributed by atoms with Crippen LogP contribution in [0.2, 0.25) is 15.1 Å². The van der Waals surface area contributed by atoms with Gasteiger partial charge in [0.05, 0.1) is 48.2 Å². The molecular formula is C63H64Cl3F3N10O7. The van der Waals surface area contributed by atoms with E-state index in [0.29, 0.717) is 53.7 Å². The number of likely N-dealkylation sites (N-methyl/N-ethyl adjacent to an activating group) is 1. The van der Waals surface area contributed by atoms with E-state index in [9.17, 15) is 29.5 Å². The Labute approximate surface area is 510 Å². The van der Waals surface area contributed by atoms with E-state index in [1.54, 1.807) is 30.1 Å². The van der Waals surface area contributed by atoms with Gasteiger partial charge in [0, 0.05) is 105 Å². The lowest BCUT2D eigenvalue weighted by atomic mass is 9.62. The van der Waals surface area contributed by atoms with E-state index in [0.717, 1.165) is 6.07 Å². The first kappa shape index (κ1) is 62.6. The third kappa shape index (κ3) is 13.2. The largest absolute Gasteiger partial charge is 0.508 e. The molecule has 5 N–H and O–H groups in total. The zero-order valence-corrected chi connectivity index (χ0v) is 50.4. The summed E-state index contributed by atoms with van der Waals surface area (Å²) in [7, 11) is 2.98. The Morgan fingerprint density at radius 2 is 1.64 bits per heavy atom. The zero-order chi connectivity index (χ0) is 61.8. The van der Waals surface area contributed by atoms with E-state index in [1.807, 2.05) is 43.9 Å². The van der Waals surface area contributed by atoms with Gasteiger partial charge in [-0.1, -0.05) is 98.0 Å². The summed E-state index contributed by atoms with van der Waals surface area (Å²) in [4.78, 5) is 68.0. The summed E-state index contributed by atoms with van der Waals surface area (Å²) in [6.45, 7) is 9.63. The van der Waals surface area contributed by atoms with Gasteiger partial charge in [0.2, 0.25) is 23.7 Å². The van der Waals surface area contributed by atoms with Crippen LogP contribution < -0.4 is 30.9 Å². The fourth-order valence-corrected chi connectivity index (χ4v) is 12.1. The van der Waals surface area contributed by atoms with Crippen LogP contribution in [0.1, 0.15) is 67.9 Å². The van der Waals surface area contributed by atoms with Gasteiger partial charge in [0.15, 0.2) is 5.82 Å². The van der Waals surface area contributed by atoms with Crippen LogP contribution in [0.25, 0.3) is 32.8 Å². The minimum Gasteiger partial charge on any atom is -0.508 e. The van der Waals surface area contributed by atoms with Gasteiger partial charge in [0.1, 0.15) is 39.9 Å². The van der Waals surface area contributed by atoms with Crippen molar-refractivity contribution < 1.29 is 46.9 Å². The first-order valence-corrected chi connectivity index (χ1v) is 29.0. The number of phenolic OH excluding ortho intramolecular Hbond substituents is 1. The number of rotatable bonds is 19. The number of nitrogens with one attached hydrogen (secondary N) is 4. The number of halogens is 6. The van der Waals surface area contributed by atoms with E-state index < -0.39 is 58.1 Å². The Morgan fingerprint density at radius 1 is 0.884 bits per heavy atom. The van der Waals surface area contributed by atoms with Gasteiger partial charge < -0.3 is 50.5 Å². The van der Waals surface area contributed by atoms with Crippen molar-refractivity contribution >= 4 is 97.6 Å². The molecule has 7 aromatic rings. The van der Waals surface area contributed by atoms with Gasteiger partial charge in [-0.15, -0.1) is 0 Å². The number of nitrogens with zero attached hydrogens (tertiary/aromatic N) is 6. The minimum absolute atomic E-state index is 0.0163. The lowest BCUT2D eigenvalue weighted by Gasteiger charge is -2.37. The standard InChI is InChI=1S/C63H64Cl3F3N10O7/c1-35(80)78-21-23-79(24-22-78)58-43-32-46(66)52(42-31-39(81)28-36-10-7-8-11-40(36)42)55(69)56(43)75-61(76-58)72-19-18-51(82)77(5)25-27-86-26-20-71-59(83)37-14-17-48(49(29-37)85-6)73-60(84)57-53(41-12-9-13-45(65)54(41)68)63(34-70,50(74-57)33-62(2,3)4)44-16-15-38(64)30-47(44)67/h7-17,28-32,50,53,57,74,81H,18-27,33H2,1-6H3,(H,71,83)(H,73,84)(H,72,75,76)/t50-,53-,57+,63-/m0/s1. The van der Waals surface area contributed by atoms with Gasteiger partial charge in [-0.25, -0.2) is 18.2 Å². The summed E-state index contributed by atoms with van der Waals surface area (Å²) in [6, 6.07) is 24.6. The Morgan fingerprint density at radius 3 is 2.35 bits per heavy atom. The molecule has 450 valence electrons. The molecule has 0 radical (unpaired) electrons. The SMILES string of the molecule is COc1cc(C(=O)NCCOCCN(C)C(=O)CCNc2nc(N3CCN(C(C)=O)CC3)c3cc(Cl)c(-c4cc(O)cc5ccccc45)c(F)c3n2)ccc1NC(=O)[C@@H]1N[C@@H](CC(C)(C)C)[C@](C#N)(c2ccc(Cl)cc2F)[C@H]1c1cccc(Cl)c1F. The van der Waals surface area contributed by atoms with Crippen molar-refractivity contribution in [2.45, 2.75) is 64.0 Å². The van der Waals surface area contributed by atoms with Crippen LogP contribution in [0.5, 0.6) is 11.5 Å². The number of methoxy groups -OCH3 is 1. The smallest absolute Gasteiger partial charge is 0.251 e. The predicted octanol–water partition coefficient (Wildman–Crippen LogP) is 10.9. The number of ether oxygens (including phenoxy) is 2. The molecule has 0 bridgehead atoms. The van der Waals surface area contributed by atoms with Crippen molar-refractivity contribution in [1.82, 2.24) is 30.4 Å². The normalized spacial score (nSPS) is 17.8. The first-order valence-electron chi connectivity index (χ1n) is 27.8. The van der Waals surface area contributed by atoms with E-state index >= 15 is 13.2 Å². The van der Waals surface area contributed by atoms with Crippen molar-refractivity contribution in [2.24, 2.45) is 5.41 Å². The van der Waals surface area contributed by atoms with Crippen LogP contribution in [0, 0.1) is 34.2 Å². The second-order valence-electron chi connectivity index (χ2n) is 22.5. The molecule has 0 unspecified atom stereocenters. The molecule has 0 saturated carbocycles. The van der Waals surface area contributed by atoms with Crippen LogP contribution in [0.15, 0.2) is 97.1 Å². The molecule has 4 atom stereocenters. The number of amides is 4. The highest BCUT2D eigenvalue weighted by Crippen LogP contribution is 2.53. The third-order valence-electron chi connectivity index (χ3n) is 15.6. The van der Waals surface area contributed by atoms with Crippen molar-refractivity contribution in [2.75, 3.05) is 88.7 Å². The van der Waals surface area contributed by atoms with Gasteiger partial charge in [-0.2, -0.15) is 10.2 Å². The molecule has 3 heterocycles. The number of hydrogen-bond acceptors (Lipinski definition) is 13. The van der Waals surface area contributed by atoms with Crippen molar-refractivity contribution in [1.29, 1.82) is 5.26 Å². The number of aromatic hydroxyl groups is 1. The van der Waals surface area contributed by atoms with Crippen LogP contribution in [-0.2, 0) is 24.5 Å². The first-order chi connectivity index (χ1) is 41.0. The molecule has 23 heteroatoms. The van der Waals surface area contributed by atoms with E-state index in [2.05, 4.69) is 32.3 Å². The summed E-state index contributed by atoms with van der Waals surface area (Å²) >= 11 is 19.4. The van der Waals surface area contributed by atoms with E-state index in [4.69, 9.17) is 49.3 Å². The lowest BCUT2D eigenvalue weighted by Crippen LogP contribution is -2.48. The number of anilines is 3. The topological polar surface area (TPSA) is 214 Å². The second-order valence-corrected chi connectivity index (χ2v) is 23.7. The van der Waals surface area contributed by atoms with Crippen molar-refractivity contribution in [3.8, 4) is 28.7 Å². The average Bonchev–Trinajstić information content (AvgIpc) is 1.50.